The summed E-state index contributed by atoms with van der Waals surface area (Å²) in [5.41, 5.74) is 1.52. The van der Waals surface area contributed by atoms with Crippen molar-refractivity contribution in [1.82, 2.24) is 5.32 Å². The molecule has 27 heavy (non-hydrogen) atoms. The van der Waals surface area contributed by atoms with E-state index < -0.39 is 25.4 Å². The second-order valence-electron chi connectivity index (χ2n) is 5.94. The molecule has 2 atom stereocenters. The van der Waals surface area contributed by atoms with E-state index in [1.807, 2.05) is 36.4 Å². The average Bonchev–Trinajstić information content (AvgIpc) is 2.66. The first-order valence-electron chi connectivity index (χ1n) is 8.96. The smallest absolute Gasteiger partial charge is 0.351 e. The summed E-state index contributed by atoms with van der Waals surface area (Å²) in [5, 5.41) is 12.7. The Kier molecular flexibility index (Phi) is 8.20. The van der Waals surface area contributed by atoms with Crippen molar-refractivity contribution in [2.24, 2.45) is 0 Å². The summed E-state index contributed by atoms with van der Waals surface area (Å²) in [6.45, 7) is 3.84. The summed E-state index contributed by atoms with van der Waals surface area (Å²) in [6, 6.07) is 17.4. The third-order valence-electron chi connectivity index (χ3n) is 3.99. The molecule has 2 N–H and O–H groups in total. The molecule has 0 saturated heterocycles. The molecule has 0 heterocycles. The predicted molar refractivity (Wildman–Crippen MR) is 105 cm³/mol. The van der Waals surface area contributed by atoms with Crippen LogP contribution in [-0.4, -0.2) is 30.3 Å². The van der Waals surface area contributed by atoms with Crippen molar-refractivity contribution >= 4 is 13.6 Å². The van der Waals surface area contributed by atoms with Crippen LogP contribution >= 0.6 is 7.60 Å². The van der Waals surface area contributed by atoms with Gasteiger partial charge in [0.25, 0.3) is 0 Å². The van der Waals surface area contributed by atoms with Gasteiger partial charge in [-0.15, -0.1) is 0 Å². The van der Waals surface area contributed by atoms with Crippen LogP contribution in [0.4, 0.5) is 0 Å². The van der Waals surface area contributed by atoms with Crippen molar-refractivity contribution in [1.29, 1.82) is 0 Å². The van der Waals surface area contributed by atoms with Crippen molar-refractivity contribution in [3.8, 4) is 0 Å². The minimum Gasteiger partial charge on any atom is -0.480 e. The highest BCUT2D eigenvalue weighted by Gasteiger charge is 2.39. The Morgan fingerprint density at radius 1 is 1.00 bits per heavy atom. The molecule has 0 saturated carbocycles. The lowest BCUT2D eigenvalue weighted by Gasteiger charge is -2.30. The lowest BCUT2D eigenvalue weighted by molar-refractivity contribution is -0.139. The van der Waals surface area contributed by atoms with Crippen LogP contribution in [0.2, 0.25) is 0 Å². The molecular formula is C20H26NO5P. The number of benzene rings is 2. The number of carboxylic acids is 1. The molecule has 2 aromatic carbocycles. The van der Waals surface area contributed by atoms with Crippen LogP contribution in [0.1, 0.15) is 30.8 Å². The van der Waals surface area contributed by atoms with Gasteiger partial charge in [-0.05, 0) is 31.4 Å². The molecule has 0 aliphatic carbocycles. The fourth-order valence-corrected chi connectivity index (χ4v) is 4.80. The zero-order valence-corrected chi connectivity index (χ0v) is 16.5. The Hall–Kier alpha value is -1.98. The second-order valence-corrected chi connectivity index (χ2v) is 8.05. The summed E-state index contributed by atoms with van der Waals surface area (Å²) in [7, 11) is -3.62. The lowest BCUT2D eigenvalue weighted by Crippen LogP contribution is -2.41. The lowest BCUT2D eigenvalue weighted by atomic mass is 10.1. The molecule has 0 spiro atoms. The van der Waals surface area contributed by atoms with E-state index in [-0.39, 0.29) is 19.6 Å². The average molecular weight is 391 g/mol. The van der Waals surface area contributed by atoms with Gasteiger partial charge < -0.3 is 14.2 Å². The molecule has 0 aliphatic rings. The van der Waals surface area contributed by atoms with E-state index in [2.05, 4.69) is 5.32 Å². The van der Waals surface area contributed by atoms with E-state index in [0.717, 1.165) is 5.56 Å². The van der Waals surface area contributed by atoms with E-state index in [1.165, 1.54) is 0 Å². The van der Waals surface area contributed by atoms with E-state index in [4.69, 9.17) is 9.05 Å². The van der Waals surface area contributed by atoms with Gasteiger partial charge in [0.05, 0.1) is 13.2 Å². The first-order valence-corrected chi connectivity index (χ1v) is 10.6. The summed E-state index contributed by atoms with van der Waals surface area (Å²) in [6.07, 6.45) is 0.248. The normalized spacial score (nSPS) is 13.9. The molecule has 6 nitrogen and oxygen atoms in total. The molecule has 0 aromatic heterocycles. The first-order chi connectivity index (χ1) is 13.0. The maximum atomic E-state index is 13.4. The molecule has 0 fully saturated rings. The van der Waals surface area contributed by atoms with Crippen LogP contribution in [-0.2, 0) is 24.8 Å². The van der Waals surface area contributed by atoms with Crippen molar-refractivity contribution in [3.63, 3.8) is 0 Å². The van der Waals surface area contributed by atoms with E-state index in [9.17, 15) is 14.5 Å². The molecule has 2 unspecified atom stereocenters. The standard InChI is InChI=1S/C20H26NO5P/c1-3-25-27(24,26-4-2)19(17-13-9-6-10-14-17)21-18(20(22)23)15-16-11-7-5-8-12-16/h5-14,18-19,21H,3-4,15H2,1-2H3,(H,22,23). The van der Waals surface area contributed by atoms with Crippen LogP contribution in [0.3, 0.4) is 0 Å². The zero-order chi connectivity index (χ0) is 19.7. The van der Waals surface area contributed by atoms with Gasteiger partial charge in [-0.1, -0.05) is 60.7 Å². The van der Waals surface area contributed by atoms with Gasteiger partial charge in [0.1, 0.15) is 11.8 Å². The first kappa shape index (κ1) is 21.3. The maximum absolute atomic E-state index is 13.4. The number of hydrogen-bond donors (Lipinski definition) is 2. The molecule has 0 aliphatic heterocycles. The largest absolute Gasteiger partial charge is 0.480 e. The zero-order valence-electron chi connectivity index (χ0n) is 15.6. The van der Waals surface area contributed by atoms with Crippen LogP contribution in [0.15, 0.2) is 60.7 Å². The summed E-state index contributed by atoms with van der Waals surface area (Å²) in [5.74, 6) is -1.91. The number of carboxylic acid groups (broad SMARTS) is 1. The molecule has 2 rings (SSSR count). The van der Waals surface area contributed by atoms with Crippen LogP contribution < -0.4 is 5.32 Å². The molecule has 0 radical (unpaired) electrons. The summed E-state index contributed by atoms with van der Waals surface area (Å²) >= 11 is 0. The van der Waals surface area contributed by atoms with E-state index in [1.54, 1.807) is 38.1 Å². The molecule has 0 amide bonds. The Balaban J connectivity index is 2.36. The minimum absolute atomic E-state index is 0.193. The molecular weight excluding hydrogens is 365 g/mol. The van der Waals surface area contributed by atoms with E-state index in [0.29, 0.717) is 5.56 Å². The predicted octanol–water partition coefficient (Wildman–Crippen LogP) is 4.24. The maximum Gasteiger partial charge on any atom is 0.351 e. The van der Waals surface area contributed by atoms with Gasteiger partial charge in [-0.2, -0.15) is 0 Å². The van der Waals surface area contributed by atoms with Gasteiger partial charge in [0, 0.05) is 0 Å². The third-order valence-corrected chi connectivity index (χ3v) is 6.31. The van der Waals surface area contributed by atoms with Gasteiger partial charge in [0.2, 0.25) is 0 Å². The number of carbonyl (C=O) groups is 1. The quantitative estimate of drug-likeness (QED) is 0.558. The van der Waals surface area contributed by atoms with Gasteiger partial charge in [-0.25, -0.2) is 0 Å². The monoisotopic (exact) mass is 391 g/mol. The van der Waals surface area contributed by atoms with Crippen molar-refractivity contribution < 1.29 is 23.5 Å². The SMILES string of the molecule is CCOP(=O)(OCC)C(NC(Cc1ccccc1)C(=O)O)c1ccccc1. The highest BCUT2D eigenvalue weighted by atomic mass is 31.2. The molecule has 0 bridgehead atoms. The number of hydrogen-bond acceptors (Lipinski definition) is 5. The molecule has 146 valence electrons. The van der Waals surface area contributed by atoms with Gasteiger partial charge in [-0.3, -0.25) is 14.7 Å². The molecule has 7 heteroatoms. The fourth-order valence-electron chi connectivity index (χ4n) is 2.81. The number of aliphatic carboxylic acids is 1. The number of nitrogens with one attached hydrogen (secondary N) is 1. The third kappa shape index (κ3) is 6.01. The topological polar surface area (TPSA) is 84.9 Å². The fraction of sp³-hybridized carbons (Fsp3) is 0.350. The highest BCUT2D eigenvalue weighted by Crippen LogP contribution is 2.59. The highest BCUT2D eigenvalue weighted by molar-refractivity contribution is 7.54. The second kappa shape index (κ2) is 10.4. The van der Waals surface area contributed by atoms with Crippen molar-refractivity contribution in [2.45, 2.75) is 32.1 Å². The molecule has 2 aromatic rings. The Morgan fingerprint density at radius 3 is 2.00 bits per heavy atom. The Labute approximate surface area is 160 Å². The minimum atomic E-state index is -3.62. The van der Waals surface area contributed by atoms with Gasteiger partial charge >= 0.3 is 13.6 Å². The van der Waals surface area contributed by atoms with Gasteiger partial charge in [0.15, 0.2) is 0 Å². The Bertz CT molecular complexity index is 743. The summed E-state index contributed by atoms with van der Waals surface area (Å²) in [4.78, 5) is 11.9. The Morgan fingerprint density at radius 2 is 1.52 bits per heavy atom. The van der Waals surface area contributed by atoms with Crippen LogP contribution in [0.5, 0.6) is 0 Å². The van der Waals surface area contributed by atoms with Crippen molar-refractivity contribution in [2.75, 3.05) is 13.2 Å². The van der Waals surface area contributed by atoms with Crippen LogP contribution in [0.25, 0.3) is 0 Å². The van der Waals surface area contributed by atoms with Crippen molar-refractivity contribution in [3.05, 3.63) is 71.8 Å². The number of rotatable bonds is 11. The summed E-state index contributed by atoms with van der Waals surface area (Å²) < 4.78 is 24.4. The van der Waals surface area contributed by atoms with E-state index >= 15 is 0 Å². The van der Waals surface area contributed by atoms with Crippen LogP contribution in [0, 0.1) is 0 Å².